The molecule has 1 heterocycles. The first kappa shape index (κ1) is 11.5. The average molecular weight is 226 g/mol. The number of aliphatic hydroxyl groups excluding tert-OH is 3. The van der Waals surface area contributed by atoms with E-state index in [1.54, 1.807) is 30.3 Å². The van der Waals surface area contributed by atoms with E-state index in [1.807, 2.05) is 0 Å². The van der Waals surface area contributed by atoms with Crippen LogP contribution in [0, 0.1) is 0 Å². The van der Waals surface area contributed by atoms with Crippen molar-refractivity contribution in [1.29, 1.82) is 0 Å². The summed E-state index contributed by atoms with van der Waals surface area (Å²) in [4.78, 5) is 0. The van der Waals surface area contributed by atoms with Crippen LogP contribution in [0.2, 0.25) is 0 Å². The van der Waals surface area contributed by atoms with Gasteiger partial charge < -0.3 is 25.2 Å². The lowest BCUT2D eigenvalue weighted by Crippen LogP contribution is -2.58. The van der Waals surface area contributed by atoms with Crippen LogP contribution < -0.4 is 0 Å². The predicted molar refractivity (Wildman–Crippen MR) is 54.3 cm³/mol. The van der Waals surface area contributed by atoms with Crippen LogP contribution in [0.5, 0.6) is 0 Å². The highest BCUT2D eigenvalue weighted by Gasteiger charge is 2.49. The SMILES string of the molecule is O[C@H]1[C@H](O)COC(O)(c2ccccc2)[C@@H]1O. The second-order valence-corrected chi connectivity index (χ2v) is 3.88. The molecule has 0 aromatic heterocycles. The summed E-state index contributed by atoms with van der Waals surface area (Å²) in [7, 11) is 0. The van der Waals surface area contributed by atoms with Gasteiger partial charge in [0, 0.05) is 5.56 Å². The Balaban J connectivity index is 2.32. The van der Waals surface area contributed by atoms with Gasteiger partial charge in [-0.3, -0.25) is 0 Å². The van der Waals surface area contributed by atoms with Gasteiger partial charge in [-0.2, -0.15) is 0 Å². The smallest absolute Gasteiger partial charge is 0.222 e. The van der Waals surface area contributed by atoms with Crippen molar-refractivity contribution in [3.05, 3.63) is 35.9 Å². The molecule has 88 valence electrons. The Kier molecular flexibility index (Phi) is 2.96. The molecule has 1 saturated heterocycles. The number of hydrogen-bond donors (Lipinski definition) is 4. The molecule has 5 nitrogen and oxygen atoms in total. The van der Waals surface area contributed by atoms with Crippen molar-refractivity contribution < 1.29 is 25.2 Å². The minimum absolute atomic E-state index is 0.233. The van der Waals surface area contributed by atoms with Gasteiger partial charge >= 0.3 is 0 Å². The maximum Gasteiger partial charge on any atom is 0.222 e. The Morgan fingerprint density at radius 3 is 2.38 bits per heavy atom. The molecule has 16 heavy (non-hydrogen) atoms. The predicted octanol–water partition coefficient (Wildman–Crippen LogP) is -1.06. The van der Waals surface area contributed by atoms with Gasteiger partial charge in [-0.25, -0.2) is 0 Å². The summed E-state index contributed by atoms with van der Waals surface area (Å²) in [6, 6.07) is 8.27. The lowest BCUT2D eigenvalue weighted by atomic mass is 9.91. The third-order valence-electron chi connectivity index (χ3n) is 2.78. The summed E-state index contributed by atoms with van der Waals surface area (Å²) in [5.41, 5.74) is 0.341. The monoisotopic (exact) mass is 226 g/mol. The van der Waals surface area contributed by atoms with Crippen molar-refractivity contribution in [2.45, 2.75) is 24.1 Å². The molecule has 0 saturated carbocycles. The molecule has 1 fully saturated rings. The highest BCUT2D eigenvalue weighted by atomic mass is 16.6. The normalized spacial score (nSPS) is 39.6. The van der Waals surface area contributed by atoms with E-state index < -0.39 is 24.1 Å². The number of hydrogen-bond acceptors (Lipinski definition) is 5. The summed E-state index contributed by atoms with van der Waals surface area (Å²) in [5.74, 6) is -1.97. The van der Waals surface area contributed by atoms with Crippen molar-refractivity contribution >= 4 is 0 Å². The van der Waals surface area contributed by atoms with Crippen LogP contribution in [0.3, 0.4) is 0 Å². The van der Waals surface area contributed by atoms with Crippen LogP contribution in [0.25, 0.3) is 0 Å². The summed E-state index contributed by atoms with van der Waals surface area (Å²) in [5, 5.41) is 38.7. The maximum absolute atomic E-state index is 10.2. The fraction of sp³-hybridized carbons (Fsp3) is 0.455. The van der Waals surface area contributed by atoms with Gasteiger partial charge in [0.05, 0.1) is 6.61 Å². The zero-order chi connectivity index (χ0) is 11.8. The van der Waals surface area contributed by atoms with Gasteiger partial charge in [-0.05, 0) is 0 Å². The average Bonchev–Trinajstić information content (AvgIpc) is 2.33. The molecule has 1 unspecified atom stereocenters. The Morgan fingerprint density at radius 1 is 1.12 bits per heavy atom. The molecule has 0 spiro atoms. The van der Waals surface area contributed by atoms with Gasteiger partial charge in [0.1, 0.15) is 18.3 Å². The number of benzene rings is 1. The van der Waals surface area contributed by atoms with E-state index in [2.05, 4.69) is 0 Å². The molecule has 2 rings (SSSR count). The molecule has 0 amide bonds. The van der Waals surface area contributed by atoms with Crippen LogP contribution >= 0.6 is 0 Å². The van der Waals surface area contributed by atoms with Crippen molar-refractivity contribution in [2.75, 3.05) is 6.61 Å². The number of ether oxygens (including phenoxy) is 1. The first-order valence-electron chi connectivity index (χ1n) is 5.02. The Morgan fingerprint density at radius 2 is 1.75 bits per heavy atom. The van der Waals surface area contributed by atoms with Crippen LogP contribution in [0.4, 0.5) is 0 Å². The molecule has 1 aliphatic heterocycles. The van der Waals surface area contributed by atoms with Gasteiger partial charge in [-0.1, -0.05) is 30.3 Å². The van der Waals surface area contributed by atoms with E-state index in [0.29, 0.717) is 5.56 Å². The van der Waals surface area contributed by atoms with Crippen LogP contribution in [0.1, 0.15) is 5.56 Å². The van der Waals surface area contributed by atoms with E-state index in [4.69, 9.17) is 4.74 Å². The fourth-order valence-electron chi connectivity index (χ4n) is 1.77. The van der Waals surface area contributed by atoms with Crippen molar-refractivity contribution in [2.24, 2.45) is 0 Å². The van der Waals surface area contributed by atoms with Gasteiger partial charge in [0.25, 0.3) is 0 Å². The quantitative estimate of drug-likeness (QED) is 0.490. The second-order valence-electron chi connectivity index (χ2n) is 3.88. The van der Waals surface area contributed by atoms with Crippen LogP contribution in [-0.4, -0.2) is 45.3 Å². The molecule has 1 aliphatic rings. The molecule has 0 bridgehead atoms. The molecular formula is C11H14O5. The van der Waals surface area contributed by atoms with Crippen LogP contribution in [0.15, 0.2) is 30.3 Å². The summed E-state index contributed by atoms with van der Waals surface area (Å²) >= 11 is 0. The standard InChI is InChI=1S/C11H14O5/c12-8-6-16-11(15,10(14)9(8)13)7-4-2-1-3-5-7/h1-5,8-10,12-15H,6H2/t8-,9+,10-,11?/m1/s1. The molecule has 0 aliphatic carbocycles. The minimum atomic E-state index is -1.97. The fourth-order valence-corrected chi connectivity index (χ4v) is 1.77. The molecule has 1 aromatic carbocycles. The Labute approximate surface area is 92.5 Å². The van der Waals surface area contributed by atoms with Crippen molar-refractivity contribution in [3.63, 3.8) is 0 Å². The van der Waals surface area contributed by atoms with Crippen LogP contribution in [-0.2, 0) is 10.5 Å². The zero-order valence-electron chi connectivity index (χ0n) is 8.52. The van der Waals surface area contributed by atoms with Gasteiger partial charge in [0.2, 0.25) is 5.79 Å². The largest absolute Gasteiger partial charge is 0.388 e. The highest BCUT2D eigenvalue weighted by molar-refractivity contribution is 5.22. The molecule has 5 heteroatoms. The first-order chi connectivity index (χ1) is 7.55. The second kappa shape index (κ2) is 4.12. The van der Waals surface area contributed by atoms with E-state index >= 15 is 0 Å². The summed E-state index contributed by atoms with van der Waals surface area (Å²) in [6.45, 7) is -0.233. The Hall–Kier alpha value is -0.980. The minimum Gasteiger partial charge on any atom is -0.388 e. The van der Waals surface area contributed by atoms with E-state index in [1.165, 1.54) is 0 Å². The lowest BCUT2D eigenvalue weighted by Gasteiger charge is -2.41. The summed E-state index contributed by atoms with van der Waals surface area (Å²) in [6.07, 6.45) is -4.21. The highest BCUT2D eigenvalue weighted by Crippen LogP contribution is 2.32. The topological polar surface area (TPSA) is 90.2 Å². The van der Waals surface area contributed by atoms with Gasteiger partial charge in [-0.15, -0.1) is 0 Å². The van der Waals surface area contributed by atoms with E-state index in [-0.39, 0.29) is 6.61 Å². The first-order valence-corrected chi connectivity index (χ1v) is 5.02. The molecule has 4 atom stereocenters. The third kappa shape index (κ3) is 1.73. The molecule has 0 radical (unpaired) electrons. The van der Waals surface area contributed by atoms with Gasteiger partial charge in [0.15, 0.2) is 0 Å². The van der Waals surface area contributed by atoms with Crippen molar-refractivity contribution in [3.8, 4) is 0 Å². The summed E-state index contributed by atoms with van der Waals surface area (Å²) < 4.78 is 5.04. The molecular weight excluding hydrogens is 212 g/mol. The number of rotatable bonds is 1. The lowest BCUT2D eigenvalue weighted by molar-refractivity contribution is -0.329. The molecule has 1 aromatic rings. The van der Waals surface area contributed by atoms with E-state index in [0.717, 1.165) is 0 Å². The third-order valence-corrected chi connectivity index (χ3v) is 2.78. The van der Waals surface area contributed by atoms with E-state index in [9.17, 15) is 20.4 Å². The van der Waals surface area contributed by atoms with Crippen molar-refractivity contribution in [1.82, 2.24) is 0 Å². The molecule has 4 N–H and O–H groups in total. The number of aliphatic hydroxyl groups is 4. The maximum atomic E-state index is 10.2. The zero-order valence-corrected chi connectivity index (χ0v) is 8.52. The Bertz CT molecular complexity index is 355.